The third-order valence-electron chi connectivity index (χ3n) is 1.95. The number of carbonyl (C=O) groups excluding carboxylic acids is 1. The van der Waals surface area contributed by atoms with E-state index in [-0.39, 0.29) is 6.67 Å². The molecular weight excluding hydrogens is 170 g/mol. The summed E-state index contributed by atoms with van der Waals surface area (Å²) in [7, 11) is 1.73. The highest BCUT2D eigenvalue weighted by atomic mass is 16.3. The second-order valence-corrected chi connectivity index (χ2v) is 2.90. The number of carbonyl (C=O) groups is 1. The zero-order chi connectivity index (χ0) is 9.42. The first-order chi connectivity index (χ1) is 6.20. The van der Waals surface area contributed by atoms with Gasteiger partial charge in [0.2, 0.25) is 0 Å². The summed E-state index contributed by atoms with van der Waals surface area (Å²) >= 11 is 0. The summed E-state index contributed by atoms with van der Waals surface area (Å²) in [5.74, 6) is 0.0563. The van der Waals surface area contributed by atoms with E-state index in [1.165, 1.54) is 0 Å². The van der Waals surface area contributed by atoms with Crippen molar-refractivity contribution < 1.29 is 9.55 Å². The Balaban J connectivity index is 2.60. The van der Waals surface area contributed by atoms with Crippen molar-refractivity contribution in [2.75, 3.05) is 18.6 Å². The van der Waals surface area contributed by atoms with E-state index >= 15 is 0 Å². The first kappa shape index (κ1) is 7.85. The molecule has 0 spiro atoms. The lowest BCUT2D eigenvalue weighted by atomic mass is 10.2. The van der Waals surface area contributed by atoms with Crippen LogP contribution in [0.2, 0.25) is 0 Å². The quantitative estimate of drug-likeness (QED) is 0.540. The van der Waals surface area contributed by atoms with Crippen molar-refractivity contribution in [3.63, 3.8) is 0 Å². The van der Waals surface area contributed by atoms with Crippen LogP contribution in [0.3, 0.4) is 0 Å². The molecule has 5 heteroatoms. The molecule has 2 rings (SSSR count). The molecule has 0 unspecified atom stereocenters. The van der Waals surface area contributed by atoms with Gasteiger partial charge in [-0.1, -0.05) is 0 Å². The van der Waals surface area contributed by atoms with Gasteiger partial charge in [0, 0.05) is 18.2 Å². The maximum atomic E-state index is 11.3. The number of nitrogens with zero attached hydrogens (tertiary/aromatic N) is 3. The van der Waals surface area contributed by atoms with Crippen LogP contribution >= 0.6 is 0 Å². The largest absolute Gasteiger partial charge is 0.471 e. The zero-order valence-electron chi connectivity index (χ0n) is 7.10. The lowest BCUT2D eigenvalue weighted by molar-refractivity contribution is -0.451. The van der Waals surface area contributed by atoms with E-state index in [2.05, 4.69) is 4.98 Å². The molecule has 2 heterocycles. The maximum Gasteiger partial charge on any atom is 0.471 e. The molecule has 0 aromatic carbocycles. The fourth-order valence-corrected chi connectivity index (χ4v) is 1.33. The molecule has 0 saturated carbocycles. The second-order valence-electron chi connectivity index (χ2n) is 2.90. The van der Waals surface area contributed by atoms with Crippen LogP contribution in [0.4, 0.5) is 5.82 Å². The van der Waals surface area contributed by atoms with E-state index in [0.717, 1.165) is 0 Å². The minimum Gasteiger partial charge on any atom is -0.300 e. The summed E-state index contributed by atoms with van der Waals surface area (Å²) in [6, 6.07) is 3.24. The smallest absolute Gasteiger partial charge is 0.300 e. The van der Waals surface area contributed by atoms with Crippen molar-refractivity contribution in [2.24, 2.45) is 0 Å². The van der Waals surface area contributed by atoms with Gasteiger partial charge in [-0.25, -0.2) is 9.78 Å². The Labute approximate surface area is 74.6 Å². The Hall–Kier alpha value is -1.78. The van der Waals surface area contributed by atoms with Gasteiger partial charge in [-0.05, 0) is 12.1 Å². The van der Waals surface area contributed by atoms with Crippen LogP contribution in [0.25, 0.3) is 0 Å². The van der Waals surface area contributed by atoms with Crippen LogP contribution in [0.5, 0.6) is 0 Å². The Morgan fingerprint density at radius 2 is 2.38 bits per heavy atom. The highest BCUT2D eigenvalue weighted by Gasteiger charge is 2.36. The van der Waals surface area contributed by atoms with E-state index in [1.807, 2.05) is 0 Å². The van der Waals surface area contributed by atoms with Crippen LogP contribution in [-0.2, 0) is 0 Å². The van der Waals surface area contributed by atoms with Crippen molar-refractivity contribution >= 4 is 11.7 Å². The van der Waals surface area contributed by atoms with Crippen molar-refractivity contribution in [3.8, 4) is 0 Å². The molecule has 1 aromatic heterocycles. The summed E-state index contributed by atoms with van der Waals surface area (Å²) in [5, 5.41) is 0. The molecule has 5 nitrogen and oxygen atoms in total. The zero-order valence-corrected chi connectivity index (χ0v) is 7.10. The minimum absolute atomic E-state index is 0.0445. The van der Waals surface area contributed by atoms with Crippen molar-refractivity contribution in [1.29, 1.82) is 0 Å². The van der Waals surface area contributed by atoms with Crippen molar-refractivity contribution in [2.45, 2.75) is 0 Å². The van der Waals surface area contributed by atoms with E-state index in [0.29, 0.717) is 16.1 Å². The first-order valence-electron chi connectivity index (χ1n) is 3.85. The normalized spacial score (nSPS) is 15.9. The molecule has 66 valence electrons. The van der Waals surface area contributed by atoms with E-state index in [1.54, 1.807) is 30.3 Å². The van der Waals surface area contributed by atoms with E-state index in [9.17, 15) is 9.70 Å². The lowest BCUT2D eigenvalue weighted by Crippen LogP contribution is -2.38. The van der Waals surface area contributed by atoms with Gasteiger partial charge < -0.3 is 0 Å². The molecule has 1 aromatic rings. The van der Waals surface area contributed by atoms with Gasteiger partial charge in [-0.15, -0.1) is 0 Å². The molecule has 0 atom stereocenters. The summed E-state index contributed by atoms with van der Waals surface area (Å²) in [6.45, 7) is 0.0445. The number of aromatic nitrogens is 1. The molecule has 0 fully saturated rings. The third kappa shape index (κ3) is 1.09. The van der Waals surface area contributed by atoms with Gasteiger partial charge in [0.05, 0.1) is 4.76 Å². The summed E-state index contributed by atoms with van der Waals surface area (Å²) in [5.41, 5.74) is 0.367. The SMILES string of the molecule is CN1C[N+](=O)C(=O)c2cccnc21. The molecule has 1 aliphatic rings. The molecule has 0 bridgehead atoms. The molecular formula is C8H8N3O2+. The third-order valence-corrected chi connectivity index (χ3v) is 1.95. The topological polar surface area (TPSA) is 53.3 Å². The number of hydrogen-bond donors (Lipinski definition) is 0. The lowest BCUT2D eigenvalue weighted by Gasteiger charge is -2.17. The Kier molecular flexibility index (Phi) is 1.58. The van der Waals surface area contributed by atoms with E-state index < -0.39 is 5.91 Å². The second kappa shape index (κ2) is 2.62. The highest BCUT2D eigenvalue weighted by Crippen LogP contribution is 2.20. The molecule has 0 radical (unpaired) electrons. The minimum atomic E-state index is -0.513. The fraction of sp³-hybridized carbons (Fsp3) is 0.250. The maximum absolute atomic E-state index is 11.3. The van der Waals surface area contributed by atoms with Crippen molar-refractivity contribution in [3.05, 3.63) is 28.8 Å². The highest BCUT2D eigenvalue weighted by molar-refractivity contribution is 5.94. The average Bonchev–Trinajstić information content (AvgIpc) is 2.15. The standard InChI is InChI=1S/C8H8N3O2/c1-10-5-11(13)8(12)6-3-2-4-9-7(6)10/h2-4H,5H2,1H3/q+1. The molecule has 0 saturated heterocycles. The Morgan fingerprint density at radius 3 is 3.15 bits per heavy atom. The summed E-state index contributed by atoms with van der Waals surface area (Å²) in [6.07, 6.45) is 1.60. The molecule has 13 heavy (non-hydrogen) atoms. The molecule has 0 N–H and O–H groups in total. The monoisotopic (exact) mass is 178 g/mol. The average molecular weight is 178 g/mol. The van der Waals surface area contributed by atoms with Crippen LogP contribution in [0, 0.1) is 4.91 Å². The van der Waals surface area contributed by atoms with Crippen LogP contribution in [0.1, 0.15) is 10.4 Å². The van der Waals surface area contributed by atoms with Gasteiger partial charge >= 0.3 is 5.91 Å². The van der Waals surface area contributed by atoms with E-state index in [4.69, 9.17) is 0 Å². The van der Waals surface area contributed by atoms with Gasteiger partial charge in [0.1, 0.15) is 5.56 Å². The number of hydrogen-bond acceptors (Lipinski definition) is 4. The van der Waals surface area contributed by atoms with Gasteiger partial charge in [-0.3, -0.25) is 4.90 Å². The van der Waals surface area contributed by atoms with Crippen LogP contribution < -0.4 is 4.90 Å². The molecule has 1 amide bonds. The van der Waals surface area contributed by atoms with Gasteiger partial charge in [0.15, 0.2) is 5.82 Å². The van der Waals surface area contributed by atoms with Crippen LogP contribution in [0.15, 0.2) is 18.3 Å². The fourth-order valence-electron chi connectivity index (χ4n) is 1.33. The predicted octanol–water partition coefficient (Wildman–Crippen LogP) is 0.408. The molecule has 1 aliphatic heterocycles. The number of rotatable bonds is 0. The summed E-state index contributed by atoms with van der Waals surface area (Å²) in [4.78, 5) is 28.0. The Morgan fingerprint density at radius 1 is 1.62 bits per heavy atom. The number of fused-ring (bicyclic) bond motifs is 1. The van der Waals surface area contributed by atoms with Crippen molar-refractivity contribution in [1.82, 2.24) is 4.98 Å². The van der Waals surface area contributed by atoms with Gasteiger partial charge in [-0.2, -0.15) is 0 Å². The number of amides is 1. The predicted molar refractivity (Wildman–Crippen MR) is 45.5 cm³/mol. The van der Waals surface area contributed by atoms with Crippen LogP contribution in [-0.4, -0.2) is 29.4 Å². The first-order valence-corrected chi connectivity index (χ1v) is 3.85. The summed E-state index contributed by atoms with van der Waals surface area (Å²) < 4.78 is 0.421. The number of pyridine rings is 1. The Bertz CT molecular complexity index is 389. The number of anilines is 1. The van der Waals surface area contributed by atoms with Gasteiger partial charge in [0.25, 0.3) is 6.67 Å². The number of nitroso groups, excluding NO2 is 1. The molecule has 0 aliphatic carbocycles.